The third-order valence-electron chi connectivity index (χ3n) is 4.13. The molecular formula is C16H24Br2N2O. The zero-order valence-corrected chi connectivity index (χ0v) is 16.1. The molecule has 118 valence electrons. The fourth-order valence-corrected chi connectivity index (χ4v) is 4.32. The summed E-state index contributed by atoms with van der Waals surface area (Å²) in [5.74, 6) is 0.922. The molecule has 0 unspecified atom stereocenters. The monoisotopic (exact) mass is 418 g/mol. The van der Waals surface area contributed by atoms with E-state index in [2.05, 4.69) is 62.0 Å². The van der Waals surface area contributed by atoms with Crippen LogP contribution >= 0.6 is 31.9 Å². The van der Waals surface area contributed by atoms with Crippen LogP contribution in [0.15, 0.2) is 21.1 Å². The van der Waals surface area contributed by atoms with Gasteiger partial charge in [0.25, 0.3) is 0 Å². The van der Waals surface area contributed by atoms with Crippen molar-refractivity contribution in [2.24, 2.45) is 0 Å². The summed E-state index contributed by atoms with van der Waals surface area (Å²) in [5.41, 5.74) is 1.19. The highest BCUT2D eigenvalue weighted by Crippen LogP contribution is 2.32. The largest absolute Gasteiger partial charge is 0.495 e. The van der Waals surface area contributed by atoms with Gasteiger partial charge in [0.1, 0.15) is 5.75 Å². The molecule has 0 bridgehead atoms. The van der Waals surface area contributed by atoms with E-state index in [1.807, 2.05) is 6.07 Å². The van der Waals surface area contributed by atoms with Crippen molar-refractivity contribution < 1.29 is 4.74 Å². The predicted octanol–water partition coefficient (Wildman–Crippen LogP) is 4.18. The second-order valence-corrected chi connectivity index (χ2v) is 7.63. The summed E-state index contributed by atoms with van der Waals surface area (Å²) in [6, 6.07) is 5.40. The molecule has 0 aliphatic carbocycles. The maximum absolute atomic E-state index is 5.50. The molecule has 1 aliphatic rings. The van der Waals surface area contributed by atoms with Gasteiger partial charge in [0, 0.05) is 28.7 Å². The second kappa shape index (κ2) is 7.95. The summed E-state index contributed by atoms with van der Waals surface area (Å²) in [6.45, 7) is 7.77. The molecule has 3 nitrogen and oxygen atoms in total. The Kier molecular flexibility index (Phi) is 6.53. The highest BCUT2D eigenvalue weighted by molar-refractivity contribution is 9.11. The van der Waals surface area contributed by atoms with E-state index in [1.54, 1.807) is 7.11 Å². The Hall–Kier alpha value is -0.100. The molecule has 0 atom stereocenters. The summed E-state index contributed by atoms with van der Waals surface area (Å²) in [7, 11) is 1.72. The van der Waals surface area contributed by atoms with Crippen molar-refractivity contribution in [3.63, 3.8) is 0 Å². The van der Waals surface area contributed by atoms with Gasteiger partial charge in [0.05, 0.1) is 11.6 Å². The summed E-state index contributed by atoms with van der Waals surface area (Å²) >= 11 is 7.10. The minimum absolute atomic E-state index is 0.600. The molecule has 1 fully saturated rings. The fraction of sp³-hybridized carbons (Fsp3) is 0.625. The minimum atomic E-state index is 0.600. The van der Waals surface area contributed by atoms with Crippen LogP contribution in [0.1, 0.15) is 32.3 Å². The van der Waals surface area contributed by atoms with Gasteiger partial charge in [-0.2, -0.15) is 0 Å². The zero-order valence-electron chi connectivity index (χ0n) is 13.0. The van der Waals surface area contributed by atoms with E-state index in [1.165, 1.54) is 31.5 Å². The van der Waals surface area contributed by atoms with Crippen LogP contribution in [-0.2, 0) is 6.54 Å². The Balaban J connectivity index is 1.92. The van der Waals surface area contributed by atoms with Crippen LogP contribution in [0.2, 0.25) is 0 Å². The quantitative estimate of drug-likeness (QED) is 0.774. The highest BCUT2D eigenvalue weighted by Gasteiger charge is 2.20. The molecule has 1 aliphatic heterocycles. The number of nitrogens with zero attached hydrogens (tertiary/aromatic N) is 1. The average Bonchev–Trinajstić information content (AvgIpc) is 2.45. The molecule has 0 amide bonds. The van der Waals surface area contributed by atoms with Crippen molar-refractivity contribution in [3.05, 3.63) is 26.6 Å². The molecule has 2 rings (SSSR count). The fourth-order valence-electron chi connectivity index (χ4n) is 2.85. The molecule has 0 aromatic heterocycles. The number of piperidine rings is 1. The summed E-state index contributed by atoms with van der Waals surface area (Å²) in [4.78, 5) is 2.55. The number of halogens is 2. The molecule has 1 aromatic rings. The Morgan fingerprint density at radius 3 is 2.52 bits per heavy atom. The number of likely N-dealkylation sites (tertiary alicyclic amines) is 1. The van der Waals surface area contributed by atoms with E-state index in [4.69, 9.17) is 4.74 Å². The molecule has 1 N–H and O–H groups in total. The van der Waals surface area contributed by atoms with E-state index in [0.29, 0.717) is 12.1 Å². The molecule has 5 heteroatoms. The first kappa shape index (κ1) is 17.3. The predicted molar refractivity (Wildman–Crippen MR) is 95.0 cm³/mol. The summed E-state index contributed by atoms with van der Waals surface area (Å²) in [6.07, 6.45) is 2.44. The Morgan fingerprint density at radius 2 is 1.95 bits per heavy atom. The van der Waals surface area contributed by atoms with Crippen molar-refractivity contribution in [1.82, 2.24) is 10.2 Å². The van der Waals surface area contributed by atoms with Gasteiger partial charge in [-0.05, 0) is 67.8 Å². The molecule has 0 radical (unpaired) electrons. The number of methoxy groups -OCH3 is 1. The number of rotatable bonds is 5. The highest BCUT2D eigenvalue weighted by atomic mass is 79.9. The van der Waals surface area contributed by atoms with E-state index < -0.39 is 0 Å². The van der Waals surface area contributed by atoms with Crippen molar-refractivity contribution in [3.8, 4) is 5.75 Å². The average molecular weight is 420 g/mol. The maximum atomic E-state index is 5.50. The van der Waals surface area contributed by atoms with Crippen LogP contribution in [0.25, 0.3) is 0 Å². The van der Waals surface area contributed by atoms with E-state index in [9.17, 15) is 0 Å². The molecule has 1 aromatic carbocycles. The Morgan fingerprint density at radius 1 is 1.29 bits per heavy atom. The van der Waals surface area contributed by atoms with Crippen LogP contribution in [0.3, 0.4) is 0 Å². The smallest absolute Gasteiger partial charge is 0.137 e. The van der Waals surface area contributed by atoms with Crippen LogP contribution in [0.5, 0.6) is 5.75 Å². The van der Waals surface area contributed by atoms with E-state index >= 15 is 0 Å². The van der Waals surface area contributed by atoms with Gasteiger partial charge in [-0.25, -0.2) is 0 Å². The van der Waals surface area contributed by atoms with Crippen LogP contribution in [-0.4, -0.2) is 37.2 Å². The Labute approximate surface area is 144 Å². The lowest BCUT2D eigenvalue weighted by atomic mass is 10.0. The molecule has 0 spiro atoms. The van der Waals surface area contributed by atoms with Crippen molar-refractivity contribution in [2.75, 3.05) is 20.2 Å². The molecule has 1 saturated heterocycles. The molecular weight excluding hydrogens is 396 g/mol. The van der Waals surface area contributed by atoms with Crippen molar-refractivity contribution in [2.45, 2.75) is 45.3 Å². The number of hydrogen-bond donors (Lipinski definition) is 1. The van der Waals surface area contributed by atoms with Gasteiger partial charge in [-0.3, -0.25) is 0 Å². The lowest BCUT2D eigenvalue weighted by Crippen LogP contribution is -2.44. The molecule has 0 saturated carbocycles. The summed E-state index contributed by atoms with van der Waals surface area (Å²) < 4.78 is 7.57. The lowest BCUT2D eigenvalue weighted by Gasteiger charge is -2.35. The maximum Gasteiger partial charge on any atom is 0.137 e. The summed E-state index contributed by atoms with van der Waals surface area (Å²) in [5, 5.41) is 3.68. The van der Waals surface area contributed by atoms with Crippen molar-refractivity contribution in [1.29, 1.82) is 0 Å². The topological polar surface area (TPSA) is 24.5 Å². The van der Waals surface area contributed by atoms with Gasteiger partial charge in [0.2, 0.25) is 0 Å². The SMILES string of the molecule is COc1c(Br)cc(Br)cc1CNC1CCN(C(C)C)CC1. The van der Waals surface area contributed by atoms with E-state index in [-0.39, 0.29) is 0 Å². The first-order chi connectivity index (χ1) is 10.0. The normalized spacial score (nSPS) is 17.4. The van der Waals surface area contributed by atoms with Crippen LogP contribution in [0.4, 0.5) is 0 Å². The number of benzene rings is 1. The first-order valence-corrected chi connectivity index (χ1v) is 9.09. The van der Waals surface area contributed by atoms with Gasteiger partial charge in [-0.1, -0.05) is 15.9 Å². The second-order valence-electron chi connectivity index (χ2n) is 5.86. The van der Waals surface area contributed by atoms with Crippen molar-refractivity contribution >= 4 is 31.9 Å². The number of nitrogens with one attached hydrogen (secondary N) is 1. The molecule has 1 heterocycles. The third-order valence-corrected chi connectivity index (χ3v) is 5.18. The first-order valence-electron chi connectivity index (χ1n) is 7.50. The molecule has 21 heavy (non-hydrogen) atoms. The van der Waals surface area contributed by atoms with Gasteiger partial charge < -0.3 is 15.0 Å². The number of ether oxygens (including phenoxy) is 1. The lowest BCUT2D eigenvalue weighted by molar-refractivity contribution is 0.160. The minimum Gasteiger partial charge on any atom is -0.495 e. The third kappa shape index (κ3) is 4.68. The van der Waals surface area contributed by atoms with Gasteiger partial charge in [0.15, 0.2) is 0 Å². The standard InChI is InChI=1S/C16H24Br2N2O/c1-11(2)20-6-4-14(5-7-20)19-10-12-8-13(17)9-15(18)16(12)21-3/h8-9,11,14,19H,4-7,10H2,1-3H3. The van der Waals surface area contributed by atoms with Gasteiger partial charge in [-0.15, -0.1) is 0 Å². The van der Waals surface area contributed by atoms with Crippen LogP contribution in [0, 0.1) is 0 Å². The Bertz CT molecular complexity index is 472. The van der Waals surface area contributed by atoms with Crippen LogP contribution < -0.4 is 10.1 Å². The number of hydrogen-bond acceptors (Lipinski definition) is 3. The zero-order chi connectivity index (χ0) is 15.4. The van der Waals surface area contributed by atoms with E-state index in [0.717, 1.165) is 21.2 Å². The van der Waals surface area contributed by atoms with Gasteiger partial charge >= 0.3 is 0 Å².